The van der Waals surface area contributed by atoms with Crippen LogP contribution in [0.3, 0.4) is 0 Å². The monoisotopic (exact) mass is 218 g/mol. The summed E-state index contributed by atoms with van der Waals surface area (Å²) >= 11 is 0. The fourth-order valence-corrected chi connectivity index (χ4v) is 1.82. The maximum atomic E-state index is 5.45. The van der Waals surface area contributed by atoms with Crippen LogP contribution in [-0.4, -0.2) is 7.11 Å². The normalized spacial score (nSPS) is 12.1. The first kappa shape index (κ1) is 12.8. The Morgan fingerprint density at radius 3 is 2.25 bits per heavy atom. The molecule has 0 atom stereocenters. The Morgan fingerprint density at radius 1 is 1.19 bits per heavy atom. The van der Waals surface area contributed by atoms with E-state index in [-0.39, 0.29) is 5.41 Å². The highest BCUT2D eigenvalue weighted by Gasteiger charge is 2.16. The number of methoxy groups -OCH3 is 1. The van der Waals surface area contributed by atoms with E-state index >= 15 is 0 Å². The molecule has 0 N–H and O–H groups in total. The first-order valence-electron chi connectivity index (χ1n) is 5.72. The Bertz CT molecular complexity index is 395. The highest BCUT2D eigenvalue weighted by atomic mass is 16.5. The minimum atomic E-state index is 0.174. The van der Waals surface area contributed by atoms with Gasteiger partial charge in [0.15, 0.2) is 0 Å². The number of benzene rings is 1. The molecule has 1 nitrogen and oxygen atoms in total. The summed E-state index contributed by atoms with van der Waals surface area (Å²) in [5.74, 6) is 0.978. The summed E-state index contributed by atoms with van der Waals surface area (Å²) < 4.78 is 5.45. The second-order valence-electron chi connectivity index (χ2n) is 5.17. The Morgan fingerprint density at radius 2 is 1.81 bits per heavy atom. The SMILES string of the molecule is CC=Cc1cc(C(C)(C)C)cc(C)c1OC. The third kappa shape index (κ3) is 2.66. The van der Waals surface area contributed by atoms with Crippen LogP contribution in [0.25, 0.3) is 6.08 Å². The van der Waals surface area contributed by atoms with E-state index in [1.807, 2.05) is 13.0 Å². The van der Waals surface area contributed by atoms with Gasteiger partial charge in [0, 0.05) is 5.56 Å². The average molecular weight is 218 g/mol. The number of aryl methyl sites for hydroxylation is 1. The lowest BCUT2D eigenvalue weighted by atomic mass is 9.85. The molecule has 0 radical (unpaired) electrons. The summed E-state index contributed by atoms with van der Waals surface area (Å²) in [5, 5.41) is 0. The molecule has 0 aliphatic heterocycles. The average Bonchev–Trinajstić information content (AvgIpc) is 2.16. The molecule has 0 unspecified atom stereocenters. The van der Waals surface area contributed by atoms with Crippen molar-refractivity contribution in [1.29, 1.82) is 0 Å². The highest BCUT2D eigenvalue weighted by Crippen LogP contribution is 2.31. The molecule has 0 aliphatic rings. The van der Waals surface area contributed by atoms with Crippen molar-refractivity contribution in [3.63, 3.8) is 0 Å². The summed E-state index contributed by atoms with van der Waals surface area (Å²) in [7, 11) is 1.73. The van der Waals surface area contributed by atoms with Gasteiger partial charge in [0.2, 0.25) is 0 Å². The van der Waals surface area contributed by atoms with E-state index in [9.17, 15) is 0 Å². The topological polar surface area (TPSA) is 9.23 Å². The minimum Gasteiger partial charge on any atom is -0.496 e. The maximum Gasteiger partial charge on any atom is 0.128 e. The third-order valence-electron chi connectivity index (χ3n) is 2.72. The summed E-state index contributed by atoms with van der Waals surface area (Å²) in [6, 6.07) is 4.43. The molecule has 0 bridgehead atoms. The molecule has 0 fully saturated rings. The zero-order chi connectivity index (χ0) is 12.3. The fourth-order valence-electron chi connectivity index (χ4n) is 1.82. The molecule has 0 spiro atoms. The van der Waals surface area contributed by atoms with E-state index in [0.717, 1.165) is 11.3 Å². The zero-order valence-corrected chi connectivity index (χ0v) is 11.2. The van der Waals surface area contributed by atoms with Crippen LogP contribution >= 0.6 is 0 Å². The lowest BCUT2D eigenvalue weighted by molar-refractivity contribution is 0.410. The van der Waals surface area contributed by atoms with Crippen LogP contribution in [0.1, 0.15) is 44.4 Å². The largest absolute Gasteiger partial charge is 0.496 e. The van der Waals surface area contributed by atoms with Crippen molar-refractivity contribution >= 4 is 6.08 Å². The second-order valence-corrected chi connectivity index (χ2v) is 5.17. The van der Waals surface area contributed by atoms with Crippen LogP contribution in [0, 0.1) is 6.92 Å². The summed E-state index contributed by atoms with van der Waals surface area (Å²) in [4.78, 5) is 0. The first-order valence-corrected chi connectivity index (χ1v) is 5.72. The Balaban J connectivity index is 3.39. The molecule has 1 aromatic carbocycles. The Hall–Kier alpha value is -1.24. The maximum absolute atomic E-state index is 5.45. The molecule has 1 rings (SSSR count). The van der Waals surface area contributed by atoms with Gasteiger partial charge < -0.3 is 4.74 Å². The van der Waals surface area contributed by atoms with E-state index in [2.05, 4.69) is 45.9 Å². The van der Waals surface area contributed by atoms with E-state index in [4.69, 9.17) is 4.74 Å². The van der Waals surface area contributed by atoms with Crippen molar-refractivity contribution in [3.8, 4) is 5.75 Å². The van der Waals surface area contributed by atoms with Crippen molar-refractivity contribution in [1.82, 2.24) is 0 Å². The first-order chi connectivity index (χ1) is 7.40. The van der Waals surface area contributed by atoms with Crippen molar-refractivity contribution in [2.45, 2.75) is 40.0 Å². The zero-order valence-electron chi connectivity index (χ0n) is 11.2. The molecule has 1 aromatic rings. The molecule has 0 saturated heterocycles. The van der Waals surface area contributed by atoms with Gasteiger partial charge in [-0.2, -0.15) is 0 Å². The molecule has 0 saturated carbocycles. The Kier molecular flexibility index (Phi) is 3.79. The molecule has 16 heavy (non-hydrogen) atoms. The number of rotatable bonds is 2. The van der Waals surface area contributed by atoms with Gasteiger partial charge in [-0.05, 0) is 36.5 Å². The van der Waals surface area contributed by atoms with Gasteiger partial charge in [-0.25, -0.2) is 0 Å². The second kappa shape index (κ2) is 4.73. The van der Waals surface area contributed by atoms with Gasteiger partial charge >= 0.3 is 0 Å². The summed E-state index contributed by atoms with van der Waals surface area (Å²) in [6.45, 7) is 10.8. The smallest absolute Gasteiger partial charge is 0.128 e. The molecular formula is C15H22O. The van der Waals surface area contributed by atoms with Crippen LogP contribution in [0.2, 0.25) is 0 Å². The molecule has 0 heterocycles. The van der Waals surface area contributed by atoms with E-state index in [1.54, 1.807) is 7.11 Å². The lowest BCUT2D eigenvalue weighted by Crippen LogP contribution is -2.12. The number of hydrogen-bond acceptors (Lipinski definition) is 1. The standard InChI is InChI=1S/C15H22O/c1-7-8-12-10-13(15(3,4)5)9-11(2)14(12)16-6/h7-10H,1-6H3. The van der Waals surface area contributed by atoms with Crippen molar-refractivity contribution in [2.24, 2.45) is 0 Å². The van der Waals surface area contributed by atoms with Crippen LogP contribution in [0.5, 0.6) is 5.75 Å². The van der Waals surface area contributed by atoms with E-state index < -0.39 is 0 Å². The van der Waals surface area contributed by atoms with Gasteiger partial charge in [-0.15, -0.1) is 0 Å². The number of ether oxygens (including phenoxy) is 1. The molecule has 0 aliphatic carbocycles. The van der Waals surface area contributed by atoms with Gasteiger partial charge in [0.25, 0.3) is 0 Å². The van der Waals surface area contributed by atoms with Crippen molar-refractivity contribution in [2.75, 3.05) is 7.11 Å². The van der Waals surface area contributed by atoms with Crippen LogP contribution in [0.4, 0.5) is 0 Å². The fraction of sp³-hybridized carbons (Fsp3) is 0.467. The predicted octanol–water partition coefficient (Wildman–Crippen LogP) is 4.33. The van der Waals surface area contributed by atoms with Crippen molar-refractivity contribution in [3.05, 3.63) is 34.9 Å². The molecule has 1 heteroatoms. The Labute approximate surface area is 99.1 Å². The number of allylic oxidation sites excluding steroid dienone is 1. The van der Waals surface area contributed by atoms with Gasteiger partial charge in [0.1, 0.15) is 5.75 Å². The van der Waals surface area contributed by atoms with Crippen molar-refractivity contribution < 1.29 is 4.74 Å². The molecule has 88 valence electrons. The predicted molar refractivity (Wildman–Crippen MR) is 71.1 cm³/mol. The van der Waals surface area contributed by atoms with Crippen LogP contribution in [0.15, 0.2) is 18.2 Å². The minimum absolute atomic E-state index is 0.174. The lowest BCUT2D eigenvalue weighted by Gasteiger charge is -2.22. The summed E-state index contributed by atoms with van der Waals surface area (Å²) in [6.07, 6.45) is 4.14. The van der Waals surface area contributed by atoms with Crippen LogP contribution < -0.4 is 4.74 Å². The number of hydrogen-bond donors (Lipinski definition) is 0. The van der Waals surface area contributed by atoms with E-state index in [1.165, 1.54) is 11.1 Å². The molecule has 0 aromatic heterocycles. The third-order valence-corrected chi connectivity index (χ3v) is 2.72. The van der Waals surface area contributed by atoms with Gasteiger partial charge in [-0.1, -0.05) is 39.0 Å². The highest BCUT2D eigenvalue weighted by molar-refractivity contribution is 5.61. The van der Waals surface area contributed by atoms with Gasteiger partial charge in [-0.3, -0.25) is 0 Å². The summed E-state index contributed by atoms with van der Waals surface area (Å²) in [5.41, 5.74) is 3.88. The quantitative estimate of drug-likeness (QED) is 0.717. The molecular weight excluding hydrogens is 196 g/mol. The molecule has 0 amide bonds. The van der Waals surface area contributed by atoms with Gasteiger partial charge in [0.05, 0.1) is 7.11 Å². The van der Waals surface area contributed by atoms with Crippen LogP contribution in [-0.2, 0) is 5.41 Å². The van der Waals surface area contributed by atoms with E-state index in [0.29, 0.717) is 0 Å².